The third-order valence-corrected chi connectivity index (χ3v) is 6.15. The lowest BCUT2D eigenvalue weighted by atomic mass is 10.1. The maximum Gasteiger partial charge on any atom is 0.291 e. The number of aryl methyl sites for hydroxylation is 1. The molecule has 1 fully saturated rings. The molecule has 0 atom stereocenters. The van der Waals surface area contributed by atoms with Gasteiger partial charge in [0.25, 0.3) is 11.8 Å². The van der Waals surface area contributed by atoms with E-state index in [1.165, 1.54) is 12.1 Å². The van der Waals surface area contributed by atoms with Gasteiger partial charge in [0, 0.05) is 54.3 Å². The Bertz CT molecular complexity index is 1000. The number of rotatable bonds is 4. The van der Waals surface area contributed by atoms with Gasteiger partial charge >= 0.3 is 0 Å². The molecule has 162 valence electrons. The van der Waals surface area contributed by atoms with Crippen LogP contribution in [0.25, 0.3) is 0 Å². The molecule has 0 bridgehead atoms. The van der Waals surface area contributed by atoms with Crippen LogP contribution in [-0.2, 0) is 9.53 Å². The van der Waals surface area contributed by atoms with Crippen LogP contribution in [0.5, 0.6) is 0 Å². The highest BCUT2D eigenvalue weighted by Crippen LogP contribution is 2.23. The molecule has 1 N–H and O–H groups in total. The van der Waals surface area contributed by atoms with E-state index in [1.807, 2.05) is 13.0 Å². The van der Waals surface area contributed by atoms with E-state index in [9.17, 15) is 14.0 Å². The van der Waals surface area contributed by atoms with E-state index in [4.69, 9.17) is 4.74 Å². The van der Waals surface area contributed by atoms with E-state index in [1.54, 1.807) is 46.3 Å². The summed E-state index contributed by atoms with van der Waals surface area (Å²) in [5.74, 6) is 0.480. The van der Waals surface area contributed by atoms with Crippen LogP contribution < -0.4 is 10.2 Å². The first-order valence-electron chi connectivity index (χ1n) is 10.2. The Labute approximate surface area is 185 Å². The van der Waals surface area contributed by atoms with Gasteiger partial charge in [0.05, 0.1) is 6.61 Å². The van der Waals surface area contributed by atoms with Crippen molar-refractivity contribution in [1.82, 2.24) is 4.90 Å². The van der Waals surface area contributed by atoms with Gasteiger partial charge in [-0.15, -0.1) is 11.8 Å². The Morgan fingerprint density at radius 3 is 2.48 bits per heavy atom. The van der Waals surface area contributed by atoms with Crippen molar-refractivity contribution < 1.29 is 18.7 Å². The van der Waals surface area contributed by atoms with E-state index in [2.05, 4.69) is 10.2 Å². The van der Waals surface area contributed by atoms with Gasteiger partial charge in [-0.25, -0.2) is 4.39 Å². The van der Waals surface area contributed by atoms with Crippen LogP contribution in [0.15, 0.2) is 53.6 Å². The van der Waals surface area contributed by atoms with Crippen molar-refractivity contribution in [2.75, 3.05) is 48.8 Å². The lowest BCUT2D eigenvalue weighted by Gasteiger charge is -2.36. The Morgan fingerprint density at radius 2 is 1.81 bits per heavy atom. The molecule has 31 heavy (non-hydrogen) atoms. The molecule has 4 rings (SSSR count). The zero-order chi connectivity index (χ0) is 21.8. The molecule has 0 unspecified atom stereocenters. The number of anilines is 2. The van der Waals surface area contributed by atoms with Crippen LogP contribution in [0.3, 0.4) is 0 Å². The monoisotopic (exact) mass is 441 g/mol. The lowest BCUT2D eigenvalue weighted by Crippen LogP contribution is -2.48. The van der Waals surface area contributed by atoms with E-state index >= 15 is 0 Å². The molecule has 1 saturated heterocycles. The number of halogens is 1. The number of benzene rings is 2. The highest BCUT2D eigenvalue weighted by molar-refractivity contribution is 8.02. The highest BCUT2D eigenvalue weighted by atomic mass is 32.2. The van der Waals surface area contributed by atoms with Gasteiger partial charge in [-0.3, -0.25) is 9.59 Å². The smallest absolute Gasteiger partial charge is 0.291 e. The molecule has 8 heteroatoms. The summed E-state index contributed by atoms with van der Waals surface area (Å²) >= 11 is 1.54. The topological polar surface area (TPSA) is 61.9 Å². The second kappa shape index (κ2) is 9.43. The number of carbonyl (C=O) groups is 2. The summed E-state index contributed by atoms with van der Waals surface area (Å²) in [4.78, 5) is 29.4. The number of nitrogens with zero attached hydrogens (tertiary/aromatic N) is 2. The number of thioether (sulfide) groups is 1. The van der Waals surface area contributed by atoms with Crippen LogP contribution in [0.2, 0.25) is 0 Å². The molecule has 2 aromatic rings. The molecular weight excluding hydrogens is 417 g/mol. The van der Waals surface area contributed by atoms with Crippen molar-refractivity contribution in [2.24, 2.45) is 0 Å². The van der Waals surface area contributed by atoms with Crippen LogP contribution in [-0.4, -0.2) is 55.3 Å². The van der Waals surface area contributed by atoms with Crippen LogP contribution >= 0.6 is 11.8 Å². The number of carbonyl (C=O) groups excluding carboxylic acids is 2. The third kappa shape index (κ3) is 5.02. The van der Waals surface area contributed by atoms with Gasteiger partial charge in [-0.05, 0) is 48.9 Å². The van der Waals surface area contributed by atoms with Gasteiger partial charge in [-0.1, -0.05) is 6.07 Å². The fourth-order valence-electron chi connectivity index (χ4n) is 3.56. The second-order valence-corrected chi connectivity index (χ2v) is 8.42. The molecule has 2 aliphatic rings. The summed E-state index contributed by atoms with van der Waals surface area (Å²) in [6.07, 6.45) is 0. The number of ether oxygens (including phenoxy) is 1. The van der Waals surface area contributed by atoms with E-state index in [0.717, 1.165) is 17.0 Å². The normalized spacial score (nSPS) is 16.4. The standard InChI is InChI=1S/C23H24FN3O3S/c1-16-2-3-17(14-20(16)25-22(28)21-15-31-13-12-30-21)23(29)27-10-8-26(9-11-27)19-6-4-18(24)5-7-19/h2-7,14-15H,8-13H2,1H3,(H,25,28). The first kappa shape index (κ1) is 21.2. The molecule has 2 amide bonds. The third-order valence-electron chi connectivity index (χ3n) is 5.36. The summed E-state index contributed by atoms with van der Waals surface area (Å²) in [6.45, 7) is 4.89. The maximum atomic E-state index is 13.1. The number of hydrogen-bond donors (Lipinski definition) is 1. The summed E-state index contributed by atoms with van der Waals surface area (Å²) in [6, 6.07) is 11.7. The highest BCUT2D eigenvalue weighted by Gasteiger charge is 2.23. The summed E-state index contributed by atoms with van der Waals surface area (Å²) in [5, 5.41) is 4.57. The van der Waals surface area contributed by atoms with Crippen molar-refractivity contribution in [1.29, 1.82) is 0 Å². The van der Waals surface area contributed by atoms with Crippen molar-refractivity contribution in [3.8, 4) is 0 Å². The van der Waals surface area contributed by atoms with E-state index < -0.39 is 0 Å². The minimum atomic E-state index is -0.312. The molecule has 0 spiro atoms. The molecule has 2 aromatic carbocycles. The van der Waals surface area contributed by atoms with Gasteiger partial charge in [0.2, 0.25) is 0 Å². The van der Waals surface area contributed by atoms with Gasteiger partial charge in [0.15, 0.2) is 5.76 Å². The average Bonchev–Trinajstić information content (AvgIpc) is 2.81. The molecule has 0 radical (unpaired) electrons. The molecular formula is C23H24FN3O3S. The first-order chi connectivity index (χ1) is 15.0. The summed E-state index contributed by atoms with van der Waals surface area (Å²) in [5.41, 5.74) is 2.95. The fourth-order valence-corrected chi connectivity index (χ4v) is 4.19. The summed E-state index contributed by atoms with van der Waals surface area (Å²) < 4.78 is 18.6. The predicted molar refractivity (Wildman–Crippen MR) is 121 cm³/mol. The van der Waals surface area contributed by atoms with E-state index in [0.29, 0.717) is 49.8 Å². The van der Waals surface area contributed by atoms with Crippen molar-refractivity contribution in [3.63, 3.8) is 0 Å². The minimum absolute atomic E-state index is 0.0713. The molecule has 0 aromatic heterocycles. The van der Waals surface area contributed by atoms with Crippen molar-refractivity contribution >= 4 is 35.0 Å². The zero-order valence-corrected chi connectivity index (χ0v) is 18.1. The van der Waals surface area contributed by atoms with Gasteiger partial charge in [0.1, 0.15) is 5.82 Å². The maximum absolute atomic E-state index is 13.1. The number of hydrogen-bond acceptors (Lipinski definition) is 5. The SMILES string of the molecule is Cc1ccc(C(=O)N2CCN(c3ccc(F)cc3)CC2)cc1NC(=O)C1=CSCCO1. The molecule has 0 saturated carbocycles. The van der Waals surface area contributed by atoms with Crippen LogP contribution in [0, 0.1) is 12.7 Å². The van der Waals surface area contributed by atoms with Gasteiger partial charge < -0.3 is 19.9 Å². The van der Waals surface area contributed by atoms with Crippen LogP contribution in [0.4, 0.5) is 15.8 Å². The molecule has 0 aliphatic carbocycles. The van der Waals surface area contributed by atoms with Crippen LogP contribution in [0.1, 0.15) is 15.9 Å². The lowest BCUT2D eigenvalue weighted by molar-refractivity contribution is -0.116. The summed E-state index contributed by atoms with van der Waals surface area (Å²) in [7, 11) is 0. The predicted octanol–water partition coefficient (Wildman–Crippen LogP) is 3.64. The number of nitrogens with one attached hydrogen (secondary N) is 1. The Kier molecular flexibility index (Phi) is 6.46. The molecule has 6 nitrogen and oxygen atoms in total. The average molecular weight is 442 g/mol. The van der Waals surface area contributed by atoms with E-state index in [-0.39, 0.29) is 17.6 Å². The number of amides is 2. The second-order valence-electron chi connectivity index (χ2n) is 7.44. The fraction of sp³-hybridized carbons (Fsp3) is 0.304. The Morgan fingerprint density at radius 1 is 1.06 bits per heavy atom. The van der Waals surface area contributed by atoms with Crippen molar-refractivity contribution in [2.45, 2.75) is 6.92 Å². The molecule has 2 aliphatic heterocycles. The number of piperazine rings is 1. The first-order valence-corrected chi connectivity index (χ1v) is 11.2. The van der Waals surface area contributed by atoms with Crippen molar-refractivity contribution in [3.05, 3.63) is 70.6 Å². The molecule has 2 heterocycles. The Hall–Kier alpha value is -3.00. The zero-order valence-electron chi connectivity index (χ0n) is 17.3. The Balaban J connectivity index is 1.41. The quantitative estimate of drug-likeness (QED) is 0.785. The van der Waals surface area contributed by atoms with Gasteiger partial charge in [-0.2, -0.15) is 0 Å². The minimum Gasteiger partial charge on any atom is -0.487 e. The largest absolute Gasteiger partial charge is 0.487 e.